The molecule has 0 fully saturated rings. The van der Waals surface area contributed by atoms with E-state index in [4.69, 9.17) is 10.5 Å². The number of ether oxygens (including phenoxy) is 1. The van der Waals surface area contributed by atoms with Gasteiger partial charge in [0.2, 0.25) is 0 Å². The minimum absolute atomic E-state index is 0.321. The van der Waals surface area contributed by atoms with Gasteiger partial charge in [-0.3, -0.25) is 5.10 Å². The second-order valence-electron chi connectivity index (χ2n) is 3.78. The van der Waals surface area contributed by atoms with E-state index in [1.54, 1.807) is 31.5 Å². The summed E-state index contributed by atoms with van der Waals surface area (Å²) in [5.41, 5.74) is 6.88. The predicted octanol–water partition coefficient (Wildman–Crippen LogP) is 1.18. The third-order valence-corrected chi connectivity index (χ3v) is 2.50. The molecule has 0 amide bonds. The van der Waals surface area contributed by atoms with Crippen LogP contribution in [0.3, 0.4) is 0 Å². The Bertz CT molecular complexity index is 567. The zero-order valence-corrected chi connectivity index (χ0v) is 10.5. The normalized spacial score (nSPS) is 10.2. The van der Waals surface area contributed by atoms with Crippen molar-refractivity contribution < 1.29 is 9.53 Å². The van der Waals surface area contributed by atoms with Crippen LogP contribution in [-0.2, 0) is 11.3 Å². The Morgan fingerprint density at radius 3 is 3.11 bits per heavy atom. The molecule has 0 saturated heterocycles. The summed E-state index contributed by atoms with van der Waals surface area (Å²) in [7, 11) is 0. The van der Waals surface area contributed by atoms with E-state index < -0.39 is 5.97 Å². The van der Waals surface area contributed by atoms with Crippen molar-refractivity contribution in [3.63, 3.8) is 0 Å². The van der Waals surface area contributed by atoms with Gasteiger partial charge in [-0.1, -0.05) is 0 Å². The second kappa shape index (κ2) is 5.85. The second-order valence-corrected chi connectivity index (χ2v) is 3.78. The molecule has 0 spiro atoms. The summed E-state index contributed by atoms with van der Waals surface area (Å²) in [5.74, 6) is 0.543. The molecular weight excluding hydrogens is 246 g/mol. The third kappa shape index (κ3) is 3.01. The van der Waals surface area contributed by atoms with Crippen LogP contribution in [0.25, 0.3) is 0 Å². The van der Waals surface area contributed by atoms with Crippen LogP contribution in [0.4, 0.5) is 11.6 Å². The zero-order valence-electron chi connectivity index (χ0n) is 10.5. The molecule has 0 aliphatic rings. The number of esters is 1. The fourth-order valence-corrected chi connectivity index (χ4v) is 1.56. The number of rotatable bonds is 5. The molecule has 0 atom stereocenters. The summed E-state index contributed by atoms with van der Waals surface area (Å²) in [6, 6.07) is 3.34. The molecule has 0 aliphatic carbocycles. The number of aromatic amines is 1. The van der Waals surface area contributed by atoms with Crippen LogP contribution in [0.15, 0.2) is 24.5 Å². The number of H-pyrrole nitrogens is 1. The summed E-state index contributed by atoms with van der Waals surface area (Å²) in [6.45, 7) is 2.50. The number of nitrogens with one attached hydrogen (secondary N) is 2. The van der Waals surface area contributed by atoms with Crippen LogP contribution in [0, 0.1) is 0 Å². The van der Waals surface area contributed by atoms with Crippen LogP contribution in [0.5, 0.6) is 0 Å². The van der Waals surface area contributed by atoms with Crippen LogP contribution >= 0.6 is 0 Å². The van der Waals surface area contributed by atoms with Gasteiger partial charge in [0.15, 0.2) is 0 Å². The Hall–Kier alpha value is -2.57. The average Bonchev–Trinajstić information content (AvgIpc) is 2.82. The number of aromatic nitrogens is 3. The van der Waals surface area contributed by atoms with Crippen molar-refractivity contribution in [2.45, 2.75) is 13.5 Å². The van der Waals surface area contributed by atoms with Gasteiger partial charge in [-0.2, -0.15) is 5.10 Å². The van der Waals surface area contributed by atoms with E-state index in [9.17, 15) is 4.79 Å². The predicted molar refractivity (Wildman–Crippen MR) is 70.5 cm³/mol. The zero-order chi connectivity index (χ0) is 13.7. The molecule has 0 aromatic carbocycles. The quantitative estimate of drug-likeness (QED) is 0.698. The molecule has 0 bridgehead atoms. The number of pyridine rings is 1. The van der Waals surface area contributed by atoms with Gasteiger partial charge in [0, 0.05) is 18.3 Å². The Morgan fingerprint density at radius 1 is 1.58 bits per heavy atom. The topological polar surface area (TPSA) is 106 Å². The molecular formula is C12H15N5O2. The maximum absolute atomic E-state index is 11.7. The van der Waals surface area contributed by atoms with Crippen LogP contribution in [0.2, 0.25) is 0 Å². The highest BCUT2D eigenvalue weighted by atomic mass is 16.5. The molecule has 2 aromatic heterocycles. The molecule has 0 unspecified atom stereocenters. The first kappa shape index (κ1) is 12.9. The van der Waals surface area contributed by atoms with E-state index in [0.717, 1.165) is 5.56 Å². The van der Waals surface area contributed by atoms with Gasteiger partial charge in [0.1, 0.15) is 17.2 Å². The number of hydrogen-bond donors (Lipinski definition) is 3. The van der Waals surface area contributed by atoms with Crippen molar-refractivity contribution in [2.24, 2.45) is 0 Å². The Balaban J connectivity index is 2.12. The molecule has 2 aromatic rings. The number of anilines is 2. The van der Waals surface area contributed by atoms with E-state index in [1.807, 2.05) is 0 Å². The van der Waals surface area contributed by atoms with Crippen molar-refractivity contribution in [2.75, 3.05) is 17.7 Å². The van der Waals surface area contributed by atoms with E-state index in [0.29, 0.717) is 30.4 Å². The minimum Gasteiger partial charge on any atom is -0.462 e. The Kier molecular flexibility index (Phi) is 3.97. The molecule has 19 heavy (non-hydrogen) atoms. The molecule has 4 N–H and O–H groups in total. The Labute approximate surface area is 110 Å². The fraction of sp³-hybridized carbons (Fsp3) is 0.250. The van der Waals surface area contributed by atoms with Crippen LogP contribution < -0.4 is 11.1 Å². The van der Waals surface area contributed by atoms with E-state index in [1.165, 1.54) is 0 Å². The highest BCUT2D eigenvalue weighted by molar-refractivity contribution is 5.94. The first-order valence-electron chi connectivity index (χ1n) is 5.86. The average molecular weight is 261 g/mol. The van der Waals surface area contributed by atoms with Gasteiger partial charge in [0.05, 0.1) is 12.8 Å². The number of nitrogens with zero attached hydrogens (tertiary/aromatic N) is 2. The summed E-state index contributed by atoms with van der Waals surface area (Å²) in [6.07, 6.45) is 3.22. The first-order valence-corrected chi connectivity index (χ1v) is 5.86. The monoisotopic (exact) mass is 261 g/mol. The van der Waals surface area contributed by atoms with Gasteiger partial charge in [-0.05, 0) is 19.1 Å². The summed E-state index contributed by atoms with van der Waals surface area (Å²) in [4.78, 5) is 15.9. The van der Waals surface area contributed by atoms with E-state index in [2.05, 4.69) is 20.5 Å². The molecule has 0 aliphatic heterocycles. The summed E-state index contributed by atoms with van der Waals surface area (Å²) < 4.78 is 4.97. The number of nitrogens with two attached hydrogens (primary N) is 1. The van der Waals surface area contributed by atoms with Crippen LogP contribution in [-0.4, -0.2) is 27.8 Å². The maximum atomic E-state index is 11.7. The van der Waals surface area contributed by atoms with Crippen LogP contribution in [0.1, 0.15) is 22.8 Å². The first-order chi connectivity index (χ1) is 9.22. The van der Waals surface area contributed by atoms with Gasteiger partial charge < -0.3 is 15.8 Å². The minimum atomic E-state index is -0.404. The van der Waals surface area contributed by atoms with Crippen molar-refractivity contribution in [1.29, 1.82) is 0 Å². The molecule has 7 nitrogen and oxygen atoms in total. The number of hydrogen-bond acceptors (Lipinski definition) is 6. The lowest BCUT2D eigenvalue weighted by molar-refractivity contribution is 0.0527. The van der Waals surface area contributed by atoms with E-state index in [-0.39, 0.29) is 0 Å². The highest BCUT2D eigenvalue weighted by Crippen LogP contribution is 2.15. The number of nitrogen functional groups attached to an aromatic ring is 1. The summed E-state index contributed by atoms with van der Waals surface area (Å²) in [5, 5.41) is 9.50. The summed E-state index contributed by atoms with van der Waals surface area (Å²) >= 11 is 0. The third-order valence-electron chi connectivity index (χ3n) is 2.50. The largest absolute Gasteiger partial charge is 0.462 e. The highest BCUT2D eigenvalue weighted by Gasteiger charge is 2.13. The van der Waals surface area contributed by atoms with E-state index >= 15 is 0 Å². The van der Waals surface area contributed by atoms with Gasteiger partial charge in [-0.25, -0.2) is 9.78 Å². The lowest BCUT2D eigenvalue weighted by Gasteiger charge is -2.09. The smallest absolute Gasteiger partial charge is 0.341 e. The molecule has 100 valence electrons. The maximum Gasteiger partial charge on any atom is 0.341 e. The molecule has 0 radical (unpaired) electrons. The lowest BCUT2D eigenvalue weighted by Crippen LogP contribution is -2.11. The number of carbonyl (C=O) groups excluding carboxylic acids is 1. The van der Waals surface area contributed by atoms with Crippen molar-refractivity contribution >= 4 is 17.6 Å². The molecule has 7 heteroatoms. The van der Waals surface area contributed by atoms with Gasteiger partial charge >= 0.3 is 5.97 Å². The van der Waals surface area contributed by atoms with Crippen molar-refractivity contribution in [3.05, 3.63) is 35.7 Å². The number of carbonyl (C=O) groups is 1. The Morgan fingerprint density at radius 2 is 2.42 bits per heavy atom. The molecule has 2 rings (SSSR count). The van der Waals surface area contributed by atoms with Crippen molar-refractivity contribution in [3.8, 4) is 0 Å². The van der Waals surface area contributed by atoms with Crippen molar-refractivity contribution in [1.82, 2.24) is 15.2 Å². The fourth-order valence-electron chi connectivity index (χ4n) is 1.56. The lowest BCUT2D eigenvalue weighted by atomic mass is 10.2. The SMILES string of the molecule is CCOC(=O)c1cccnc1NCc1cn[nH]c1N. The van der Waals surface area contributed by atoms with Gasteiger partial charge in [-0.15, -0.1) is 0 Å². The van der Waals surface area contributed by atoms with Gasteiger partial charge in [0.25, 0.3) is 0 Å². The molecule has 2 heterocycles. The molecule has 0 saturated carbocycles. The standard InChI is InChI=1S/C12H15N5O2/c1-2-19-12(18)9-4-3-5-14-11(9)15-6-8-7-16-17-10(8)13/h3-5,7H,2,6H2,1H3,(H,14,15)(H3,13,16,17).